The molecule has 0 atom stereocenters. The lowest BCUT2D eigenvalue weighted by atomic mass is 10.1. The molecule has 0 radical (unpaired) electrons. The molecule has 1 aliphatic rings. The molecule has 4 rings (SSSR count). The van der Waals surface area contributed by atoms with Crippen LogP contribution in [0.3, 0.4) is 0 Å². The number of amides is 2. The third kappa shape index (κ3) is 4.77. The summed E-state index contributed by atoms with van der Waals surface area (Å²) in [5, 5.41) is 0.607. The normalized spacial score (nSPS) is 12.0. The van der Waals surface area contributed by atoms with Crippen LogP contribution >= 0.6 is 24.8 Å². The van der Waals surface area contributed by atoms with Crippen molar-refractivity contribution in [2.45, 2.75) is 0 Å². The molecule has 0 spiro atoms. The van der Waals surface area contributed by atoms with Gasteiger partial charge in [-0.1, -0.05) is 77.9 Å². The van der Waals surface area contributed by atoms with Crippen molar-refractivity contribution in [3.63, 3.8) is 0 Å². The summed E-state index contributed by atoms with van der Waals surface area (Å²) in [6.45, 7) is 0. The van der Waals surface area contributed by atoms with Gasteiger partial charge in [0.05, 0.1) is 11.1 Å². The van der Waals surface area contributed by atoms with E-state index in [-0.39, 0.29) is 10.2 Å². The molecule has 29 heavy (non-hydrogen) atoms. The second-order valence-corrected chi connectivity index (χ2v) is 6.64. The number of thiol groups is 1. The molecular formula is C22H15NO4S2. The van der Waals surface area contributed by atoms with Crippen LogP contribution in [0.15, 0.2) is 84.9 Å². The van der Waals surface area contributed by atoms with Gasteiger partial charge in [0.25, 0.3) is 11.8 Å². The van der Waals surface area contributed by atoms with Gasteiger partial charge in [0.15, 0.2) is 0 Å². The topological polar surface area (TPSA) is 63.7 Å². The first-order chi connectivity index (χ1) is 14.0. The number of hydroxylamine groups is 2. The summed E-state index contributed by atoms with van der Waals surface area (Å²) in [7, 11) is 0. The summed E-state index contributed by atoms with van der Waals surface area (Å²) in [6, 6.07) is 24.5. The first-order valence-corrected chi connectivity index (χ1v) is 9.38. The Balaban J connectivity index is 0.000000224. The van der Waals surface area contributed by atoms with Crippen LogP contribution in [0.1, 0.15) is 36.6 Å². The molecule has 1 aliphatic heterocycles. The Labute approximate surface area is 178 Å². The van der Waals surface area contributed by atoms with Crippen molar-refractivity contribution in [1.82, 2.24) is 5.06 Å². The third-order valence-corrected chi connectivity index (χ3v) is 4.53. The zero-order valence-corrected chi connectivity index (χ0v) is 16.7. The summed E-state index contributed by atoms with van der Waals surface area (Å²) < 4.78 is 0. The molecule has 1 heterocycles. The zero-order valence-electron chi connectivity index (χ0n) is 15.0. The first-order valence-electron chi connectivity index (χ1n) is 8.52. The summed E-state index contributed by atoms with van der Waals surface area (Å²) >= 11 is 8.75. The fourth-order valence-electron chi connectivity index (χ4n) is 2.54. The van der Waals surface area contributed by atoms with Crippen LogP contribution in [-0.2, 0) is 4.84 Å². The fourth-order valence-corrected chi connectivity index (χ4v) is 2.90. The van der Waals surface area contributed by atoms with E-state index < -0.39 is 11.8 Å². The highest BCUT2D eigenvalue weighted by molar-refractivity contribution is 7.97. The number of carbonyl (C=O) groups is 3. The monoisotopic (exact) mass is 421 g/mol. The van der Waals surface area contributed by atoms with E-state index >= 15 is 0 Å². The molecule has 3 aromatic rings. The highest BCUT2D eigenvalue weighted by Crippen LogP contribution is 2.23. The molecule has 0 saturated carbocycles. The van der Waals surface area contributed by atoms with E-state index in [1.165, 1.54) is 0 Å². The molecular weight excluding hydrogens is 406 g/mol. The smallest absolute Gasteiger partial charge is 0.295 e. The maximum atomic E-state index is 12.1. The summed E-state index contributed by atoms with van der Waals surface area (Å²) in [5.41, 5.74) is 1.93. The van der Waals surface area contributed by atoms with Gasteiger partial charge in [0, 0.05) is 11.1 Å². The number of benzene rings is 3. The molecule has 0 saturated heterocycles. The van der Waals surface area contributed by atoms with Crippen molar-refractivity contribution < 1.29 is 19.2 Å². The van der Waals surface area contributed by atoms with Crippen molar-refractivity contribution in [2.75, 3.05) is 0 Å². The predicted molar refractivity (Wildman–Crippen MR) is 116 cm³/mol. The van der Waals surface area contributed by atoms with E-state index in [4.69, 9.17) is 17.1 Å². The van der Waals surface area contributed by atoms with E-state index in [2.05, 4.69) is 12.6 Å². The molecule has 7 heteroatoms. The van der Waals surface area contributed by atoms with E-state index in [9.17, 15) is 14.4 Å². The number of hydrogen-bond acceptors (Lipinski definition) is 5. The molecule has 144 valence electrons. The molecule has 0 N–H and O–H groups in total. The van der Waals surface area contributed by atoms with Gasteiger partial charge in [-0.3, -0.25) is 14.4 Å². The maximum absolute atomic E-state index is 12.1. The summed E-state index contributed by atoms with van der Waals surface area (Å²) in [6.07, 6.45) is 0. The second-order valence-electron chi connectivity index (χ2n) is 5.87. The van der Waals surface area contributed by atoms with Crippen LogP contribution in [0.4, 0.5) is 0 Å². The largest absolute Gasteiger partial charge is 0.356 e. The molecule has 0 unspecified atom stereocenters. The molecule has 2 amide bonds. The number of thiocarbonyl (C=S) groups is 1. The molecule has 0 fully saturated rings. The average molecular weight is 421 g/mol. The van der Waals surface area contributed by atoms with Crippen LogP contribution in [0.25, 0.3) is 0 Å². The van der Waals surface area contributed by atoms with Gasteiger partial charge in [0.1, 0.15) is 0 Å². The fraction of sp³-hybridized carbons (Fsp3) is 0. The van der Waals surface area contributed by atoms with Crippen LogP contribution in [-0.4, -0.2) is 27.0 Å². The Morgan fingerprint density at radius 2 is 1.14 bits per heavy atom. The van der Waals surface area contributed by atoms with Gasteiger partial charge in [-0.15, -0.1) is 12.6 Å². The van der Waals surface area contributed by atoms with E-state index in [0.717, 1.165) is 0 Å². The van der Waals surface area contributed by atoms with Gasteiger partial charge < -0.3 is 4.84 Å². The Morgan fingerprint density at radius 1 is 0.724 bits per heavy atom. The molecule has 0 aromatic heterocycles. The molecule has 0 aliphatic carbocycles. The minimum atomic E-state index is -0.496. The van der Waals surface area contributed by atoms with Crippen LogP contribution in [0.5, 0.6) is 0 Å². The number of carbonyl (C=O) groups excluding carboxylic acids is 3. The van der Waals surface area contributed by atoms with Crippen molar-refractivity contribution >= 4 is 46.8 Å². The van der Waals surface area contributed by atoms with Gasteiger partial charge in [-0.05, 0) is 24.4 Å². The quantitative estimate of drug-likeness (QED) is 0.387. The van der Waals surface area contributed by atoms with Crippen LogP contribution in [0.2, 0.25) is 0 Å². The van der Waals surface area contributed by atoms with Gasteiger partial charge in [0.2, 0.25) is 10.2 Å². The Morgan fingerprint density at radius 3 is 1.55 bits per heavy atom. The number of fused-ring (bicyclic) bond motifs is 1. The van der Waals surface area contributed by atoms with Crippen LogP contribution < -0.4 is 0 Å². The third-order valence-electron chi connectivity index (χ3n) is 3.96. The molecule has 5 nitrogen and oxygen atoms in total. The Hall–Kier alpha value is -3.29. The van der Waals surface area contributed by atoms with E-state index in [0.29, 0.717) is 27.3 Å². The first kappa shape index (κ1) is 20.4. The highest BCUT2D eigenvalue weighted by Gasteiger charge is 2.38. The lowest BCUT2D eigenvalue weighted by Gasteiger charge is -2.14. The van der Waals surface area contributed by atoms with Crippen molar-refractivity contribution in [3.05, 3.63) is 107 Å². The Bertz CT molecular complexity index is 1030. The van der Waals surface area contributed by atoms with E-state index in [1.807, 2.05) is 24.3 Å². The van der Waals surface area contributed by atoms with Crippen molar-refractivity contribution in [2.24, 2.45) is 0 Å². The minimum absolute atomic E-state index is 0.0834. The number of rotatable bonds is 3. The van der Waals surface area contributed by atoms with Crippen molar-refractivity contribution in [3.8, 4) is 0 Å². The van der Waals surface area contributed by atoms with Crippen molar-refractivity contribution in [1.29, 1.82) is 0 Å². The van der Waals surface area contributed by atoms with Gasteiger partial charge >= 0.3 is 0 Å². The molecule has 0 bridgehead atoms. The summed E-state index contributed by atoms with van der Waals surface area (Å²) in [4.78, 5) is 40.0. The predicted octanol–water partition coefficient (Wildman–Crippen LogP) is 4.35. The van der Waals surface area contributed by atoms with Crippen LogP contribution in [0, 0.1) is 0 Å². The highest BCUT2D eigenvalue weighted by atomic mass is 32.1. The second kappa shape index (κ2) is 9.27. The lowest BCUT2D eigenvalue weighted by Crippen LogP contribution is -2.32. The van der Waals surface area contributed by atoms with E-state index in [1.54, 1.807) is 60.7 Å². The minimum Gasteiger partial charge on any atom is -0.356 e. The zero-order chi connectivity index (χ0) is 20.8. The number of imide groups is 1. The SMILES string of the molecule is O=C(S)c1ccccc1.O=C1c2ccccc2C(=O)N1OC(=S)c1ccccc1. The number of hydrogen-bond donors (Lipinski definition) is 1. The molecule has 3 aromatic carbocycles. The standard InChI is InChI=1S/C15H9NO3S.C7H6OS/c17-13-11-8-4-5-9-12(11)14(18)16(13)19-15(20)10-6-2-1-3-7-10;8-7(9)6-4-2-1-3-5-6/h1-9H;1-5H,(H,8,9). The maximum Gasteiger partial charge on any atom is 0.295 e. The lowest BCUT2D eigenvalue weighted by molar-refractivity contribution is -0.0197. The average Bonchev–Trinajstić information content (AvgIpc) is 3.00. The Kier molecular flexibility index (Phi) is 6.54. The van der Waals surface area contributed by atoms with Gasteiger partial charge in [-0.25, -0.2) is 0 Å². The number of nitrogens with zero attached hydrogens (tertiary/aromatic N) is 1. The van der Waals surface area contributed by atoms with Gasteiger partial charge in [-0.2, -0.15) is 0 Å². The summed E-state index contributed by atoms with van der Waals surface area (Å²) in [5.74, 6) is -0.993.